The summed E-state index contributed by atoms with van der Waals surface area (Å²) in [6.07, 6.45) is 4.75. The fourth-order valence-corrected chi connectivity index (χ4v) is 5.72. The zero-order valence-electron chi connectivity index (χ0n) is 23.5. The van der Waals surface area contributed by atoms with E-state index in [1.165, 1.54) is 11.1 Å². The molecule has 2 unspecified atom stereocenters. The highest BCUT2D eigenvalue weighted by molar-refractivity contribution is 5.97. The summed E-state index contributed by atoms with van der Waals surface area (Å²) in [6.45, 7) is 7.00. The Morgan fingerprint density at radius 2 is 1.85 bits per heavy atom. The van der Waals surface area contributed by atoms with Crippen molar-refractivity contribution in [2.24, 2.45) is 0 Å². The lowest BCUT2D eigenvalue weighted by Gasteiger charge is -2.29. The van der Waals surface area contributed by atoms with E-state index >= 15 is 0 Å². The molecule has 0 bridgehead atoms. The molecule has 2 aliphatic rings. The third kappa shape index (κ3) is 6.69. The molecule has 1 aromatic heterocycles. The Labute approximate surface area is 236 Å². The van der Waals surface area contributed by atoms with Crippen molar-refractivity contribution < 1.29 is 14.3 Å². The Hall–Kier alpha value is -3.75. The first kappa shape index (κ1) is 27.8. The third-order valence-electron chi connectivity index (χ3n) is 7.93. The Kier molecular flexibility index (Phi) is 9.08. The van der Waals surface area contributed by atoms with Crippen molar-refractivity contribution in [1.29, 1.82) is 0 Å². The van der Waals surface area contributed by atoms with Crippen LogP contribution in [-0.2, 0) is 17.9 Å². The fourth-order valence-electron chi connectivity index (χ4n) is 5.72. The average molecular weight is 542 g/mol. The minimum atomic E-state index is -0.512. The van der Waals surface area contributed by atoms with Gasteiger partial charge in [0.1, 0.15) is 11.8 Å². The van der Waals surface area contributed by atoms with Gasteiger partial charge in [0.2, 0.25) is 5.91 Å². The van der Waals surface area contributed by atoms with Crippen molar-refractivity contribution in [2.75, 3.05) is 39.8 Å². The van der Waals surface area contributed by atoms with E-state index in [1.807, 2.05) is 17.0 Å². The predicted molar refractivity (Wildman–Crippen MR) is 155 cm³/mol. The van der Waals surface area contributed by atoms with Gasteiger partial charge in [-0.1, -0.05) is 42.0 Å². The molecule has 0 saturated carbocycles. The van der Waals surface area contributed by atoms with E-state index in [0.717, 1.165) is 30.8 Å². The SMILES string of the molecule is COc1cccc(CN(Cc2ccc(C)cc2)C2CC(C(=O)N3CCCNCC3)N(C(=O)c3cccnc3)C2)c1. The van der Waals surface area contributed by atoms with Gasteiger partial charge in [0.05, 0.1) is 12.7 Å². The monoisotopic (exact) mass is 541 g/mol. The highest BCUT2D eigenvalue weighted by atomic mass is 16.5. The number of carbonyl (C=O) groups excluding carboxylic acids is 2. The Balaban J connectivity index is 1.45. The molecule has 0 radical (unpaired) electrons. The summed E-state index contributed by atoms with van der Waals surface area (Å²) in [5.41, 5.74) is 4.06. The molecule has 5 rings (SSSR count). The van der Waals surface area contributed by atoms with Crippen LogP contribution >= 0.6 is 0 Å². The van der Waals surface area contributed by atoms with Gasteiger partial charge in [-0.15, -0.1) is 0 Å². The quantitative estimate of drug-likeness (QED) is 0.470. The van der Waals surface area contributed by atoms with Crippen LogP contribution in [0.3, 0.4) is 0 Å². The standard InChI is InChI=1S/C32H39N5O3/c1-24-9-11-25(12-10-24)21-36(22-26-6-3-8-29(18-26)40-2)28-19-30(32(39)35-16-5-14-33-15-17-35)37(23-28)31(38)27-7-4-13-34-20-27/h3-4,6-13,18,20,28,30,33H,5,14-17,19,21-23H2,1-2H3. The molecule has 40 heavy (non-hydrogen) atoms. The molecule has 0 aliphatic carbocycles. The zero-order chi connectivity index (χ0) is 27.9. The number of carbonyl (C=O) groups is 2. The van der Waals surface area contributed by atoms with E-state index in [0.29, 0.717) is 44.7 Å². The van der Waals surface area contributed by atoms with E-state index in [-0.39, 0.29) is 17.9 Å². The molecular formula is C32H39N5O3. The molecule has 0 spiro atoms. The van der Waals surface area contributed by atoms with Crippen LogP contribution < -0.4 is 10.1 Å². The number of nitrogens with one attached hydrogen (secondary N) is 1. The minimum Gasteiger partial charge on any atom is -0.497 e. The number of hydrogen-bond donors (Lipinski definition) is 1. The summed E-state index contributed by atoms with van der Waals surface area (Å²) in [5.74, 6) is 0.717. The highest BCUT2D eigenvalue weighted by Crippen LogP contribution is 2.29. The van der Waals surface area contributed by atoms with Gasteiger partial charge in [0, 0.05) is 57.7 Å². The van der Waals surface area contributed by atoms with Crippen LogP contribution in [0.4, 0.5) is 0 Å². The van der Waals surface area contributed by atoms with Gasteiger partial charge in [-0.3, -0.25) is 19.5 Å². The summed E-state index contributed by atoms with van der Waals surface area (Å²) < 4.78 is 5.48. The van der Waals surface area contributed by atoms with Crippen LogP contribution in [0.15, 0.2) is 73.1 Å². The maximum Gasteiger partial charge on any atom is 0.256 e. The normalized spacial score (nSPS) is 19.5. The number of nitrogens with zero attached hydrogens (tertiary/aromatic N) is 4. The first-order chi connectivity index (χ1) is 19.5. The fraction of sp³-hybridized carbons (Fsp3) is 0.406. The molecule has 2 aliphatic heterocycles. The van der Waals surface area contributed by atoms with Gasteiger partial charge in [-0.05, 0) is 61.7 Å². The Morgan fingerprint density at radius 1 is 1.02 bits per heavy atom. The lowest BCUT2D eigenvalue weighted by atomic mass is 10.1. The second kappa shape index (κ2) is 13.1. The summed E-state index contributed by atoms with van der Waals surface area (Å²) >= 11 is 0. The van der Waals surface area contributed by atoms with Crippen molar-refractivity contribution in [1.82, 2.24) is 25.0 Å². The number of aryl methyl sites for hydroxylation is 1. The molecule has 2 fully saturated rings. The number of likely N-dealkylation sites (tertiary alicyclic amines) is 1. The summed E-state index contributed by atoms with van der Waals surface area (Å²) in [6, 6.07) is 19.7. The van der Waals surface area contributed by atoms with Crippen LogP contribution in [0.25, 0.3) is 0 Å². The van der Waals surface area contributed by atoms with E-state index in [2.05, 4.69) is 58.5 Å². The van der Waals surface area contributed by atoms with Crippen LogP contribution in [-0.4, -0.2) is 83.4 Å². The molecule has 2 saturated heterocycles. The van der Waals surface area contributed by atoms with E-state index in [4.69, 9.17) is 4.74 Å². The number of aromatic nitrogens is 1. The molecule has 2 aromatic carbocycles. The minimum absolute atomic E-state index is 0.00665. The summed E-state index contributed by atoms with van der Waals surface area (Å²) in [4.78, 5) is 38.0. The molecule has 2 amide bonds. The number of ether oxygens (including phenoxy) is 1. The molecule has 8 nitrogen and oxygen atoms in total. The van der Waals surface area contributed by atoms with Gasteiger partial charge >= 0.3 is 0 Å². The van der Waals surface area contributed by atoms with Gasteiger partial charge in [-0.25, -0.2) is 0 Å². The van der Waals surface area contributed by atoms with Crippen molar-refractivity contribution in [3.8, 4) is 5.75 Å². The lowest BCUT2D eigenvalue weighted by molar-refractivity contribution is -0.135. The first-order valence-electron chi connectivity index (χ1n) is 14.1. The van der Waals surface area contributed by atoms with Crippen LogP contribution in [0.2, 0.25) is 0 Å². The van der Waals surface area contributed by atoms with Crippen molar-refractivity contribution in [2.45, 2.75) is 44.9 Å². The van der Waals surface area contributed by atoms with Gasteiger partial charge < -0.3 is 19.9 Å². The molecule has 3 heterocycles. The number of amides is 2. The average Bonchev–Trinajstić information content (AvgIpc) is 3.25. The Bertz CT molecular complexity index is 1280. The van der Waals surface area contributed by atoms with Crippen molar-refractivity contribution in [3.05, 3.63) is 95.3 Å². The number of benzene rings is 2. The van der Waals surface area contributed by atoms with Gasteiger partial charge in [0.15, 0.2) is 0 Å². The second-order valence-corrected chi connectivity index (χ2v) is 10.8. The molecule has 8 heteroatoms. The number of hydrogen-bond acceptors (Lipinski definition) is 6. The van der Waals surface area contributed by atoms with Gasteiger partial charge in [0.25, 0.3) is 5.91 Å². The second-order valence-electron chi connectivity index (χ2n) is 10.8. The summed E-state index contributed by atoms with van der Waals surface area (Å²) in [7, 11) is 1.68. The summed E-state index contributed by atoms with van der Waals surface area (Å²) in [5, 5.41) is 3.38. The van der Waals surface area contributed by atoms with E-state index in [1.54, 1.807) is 36.5 Å². The molecule has 1 N–H and O–H groups in total. The molecule has 210 valence electrons. The largest absolute Gasteiger partial charge is 0.497 e. The molecule has 3 aromatic rings. The first-order valence-corrected chi connectivity index (χ1v) is 14.1. The topological polar surface area (TPSA) is 78.0 Å². The number of pyridine rings is 1. The lowest BCUT2D eigenvalue weighted by Crippen LogP contribution is -2.48. The van der Waals surface area contributed by atoms with Gasteiger partial charge in [-0.2, -0.15) is 0 Å². The number of methoxy groups -OCH3 is 1. The third-order valence-corrected chi connectivity index (χ3v) is 7.93. The van der Waals surface area contributed by atoms with E-state index in [9.17, 15) is 9.59 Å². The van der Waals surface area contributed by atoms with Crippen LogP contribution in [0, 0.1) is 6.92 Å². The smallest absolute Gasteiger partial charge is 0.256 e. The van der Waals surface area contributed by atoms with Crippen LogP contribution in [0.1, 0.15) is 39.9 Å². The number of rotatable bonds is 8. The molecular weight excluding hydrogens is 502 g/mol. The molecule has 2 atom stereocenters. The van der Waals surface area contributed by atoms with Crippen molar-refractivity contribution >= 4 is 11.8 Å². The van der Waals surface area contributed by atoms with Crippen molar-refractivity contribution in [3.63, 3.8) is 0 Å². The van der Waals surface area contributed by atoms with E-state index < -0.39 is 6.04 Å². The highest BCUT2D eigenvalue weighted by Gasteiger charge is 2.43. The zero-order valence-corrected chi connectivity index (χ0v) is 23.5. The maximum atomic E-state index is 14.0. The maximum absolute atomic E-state index is 14.0. The predicted octanol–water partition coefficient (Wildman–Crippen LogP) is 3.51. The Morgan fingerprint density at radius 3 is 2.62 bits per heavy atom. The van der Waals surface area contributed by atoms with Crippen LogP contribution in [0.5, 0.6) is 5.75 Å².